The van der Waals surface area contributed by atoms with Crippen molar-refractivity contribution in [3.05, 3.63) is 27.2 Å². The first-order valence-corrected chi connectivity index (χ1v) is 7.53. The Morgan fingerprint density at radius 3 is 2.11 bits per heavy atom. The maximum atomic E-state index is 6.21. The topological polar surface area (TPSA) is 12.0 Å². The summed E-state index contributed by atoms with van der Waals surface area (Å²) in [5, 5.41) is 5.21. The molecule has 0 saturated heterocycles. The molecule has 2 unspecified atom stereocenters. The molecule has 18 heavy (non-hydrogen) atoms. The molecule has 1 aliphatic carbocycles. The molecular formula is C14H18Cl3N. The third-order valence-electron chi connectivity index (χ3n) is 3.88. The minimum atomic E-state index is 0.452. The number of anilines is 1. The van der Waals surface area contributed by atoms with Crippen molar-refractivity contribution in [2.75, 3.05) is 5.32 Å². The molecule has 1 nitrogen and oxygen atoms in total. The van der Waals surface area contributed by atoms with E-state index in [-0.39, 0.29) is 0 Å². The number of hydrogen-bond donors (Lipinski definition) is 1. The first-order chi connectivity index (χ1) is 8.49. The number of rotatable bonds is 2. The van der Waals surface area contributed by atoms with Gasteiger partial charge in [-0.3, -0.25) is 0 Å². The molecule has 0 aliphatic heterocycles. The van der Waals surface area contributed by atoms with Crippen LogP contribution in [0.1, 0.15) is 33.1 Å². The summed E-state index contributed by atoms with van der Waals surface area (Å²) in [4.78, 5) is 0. The molecule has 0 spiro atoms. The van der Waals surface area contributed by atoms with Gasteiger partial charge in [-0.05, 0) is 36.8 Å². The van der Waals surface area contributed by atoms with Crippen molar-refractivity contribution in [2.24, 2.45) is 11.8 Å². The van der Waals surface area contributed by atoms with E-state index in [1.807, 2.05) is 6.07 Å². The molecule has 1 N–H and O–H groups in total. The first kappa shape index (κ1) is 14.3. The summed E-state index contributed by atoms with van der Waals surface area (Å²) >= 11 is 18.2. The number of nitrogens with one attached hydrogen (secondary N) is 1. The van der Waals surface area contributed by atoms with Gasteiger partial charge in [-0.2, -0.15) is 0 Å². The number of halogens is 3. The second-order valence-corrected chi connectivity index (χ2v) is 6.52. The predicted octanol–water partition coefficient (Wildman–Crippen LogP) is 5.88. The van der Waals surface area contributed by atoms with Crippen molar-refractivity contribution in [1.29, 1.82) is 0 Å². The Bertz CT molecular complexity index is 423. The molecule has 0 amide bonds. The zero-order valence-corrected chi connectivity index (χ0v) is 12.9. The SMILES string of the molecule is CC1CCCC(C)C1Nc1cc(Cl)c(Cl)cc1Cl. The van der Waals surface area contributed by atoms with Gasteiger partial charge in [0.25, 0.3) is 0 Å². The van der Waals surface area contributed by atoms with Gasteiger partial charge >= 0.3 is 0 Å². The van der Waals surface area contributed by atoms with E-state index in [0.717, 1.165) is 5.69 Å². The quantitative estimate of drug-likeness (QED) is 0.672. The van der Waals surface area contributed by atoms with Crippen LogP contribution in [0.3, 0.4) is 0 Å². The van der Waals surface area contributed by atoms with Gasteiger partial charge < -0.3 is 5.32 Å². The van der Waals surface area contributed by atoms with Gasteiger partial charge in [-0.25, -0.2) is 0 Å². The molecule has 1 aromatic rings. The van der Waals surface area contributed by atoms with Crippen LogP contribution in [0.2, 0.25) is 15.1 Å². The minimum Gasteiger partial charge on any atom is -0.381 e. The lowest BCUT2D eigenvalue weighted by molar-refractivity contribution is 0.268. The van der Waals surface area contributed by atoms with Crippen molar-refractivity contribution in [2.45, 2.75) is 39.2 Å². The van der Waals surface area contributed by atoms with Crippen LogP contribution in [0, 0.1) is 11.8 Å². The summed E-state index contributed by atoms with van der Waals surface area (Å²) in [5.74, 6) is 1.30. The Morgan fingerprint density at radius 2 is 1.50 bits per heavy atom. The summed E-state index contributed by atoms with van der Waals surface area (Å²) in [6.45, 7) is 4.58. The maximum absolute atomic E-state index is 6.21. The highest BCUT2D eigenvalue weighted by molar-refractivity contribution is 6.44. The third kappa shape index (κ3) is 3.07. The van der Waals surface area contributed by atoms with Crippen LogP contribution in [-0.4, -0.2) is 6.04 Å². The van der Waals surface area contributed by atoms with E-state index in [2.05, 4.69) is 19.2 Å². The van der Waals surface area contributed by atoms with Crippen LogP contribution in [0.15, 0.2) is 12.1 Å². The van der Waals surface area contributed by atoms with Crippen LogP contribution < -0.4 is 5.32 Å². The Hall–Kier alpha value is -0.110. The standard InChI is InChI=1S/C14H18Cl3N/c1-8-4-3-5-9(2)14(8)18-13-7-11(16)10(15)6-12(13)17/h6-9,14,18H,3-5H2,1-2H3. The fourth-order valence-electron chi connectivity index (χ4n) is 2.78. The van der Waals surface area contributed by atoms with E-state index >= 15 is 0 Å². The number of benzene rings is 1. The van der Waals surface area contributed by atoms with Crippen molar-refractivity contribution < 1.29 is 0 Å². The lowest BCUT2D eigenvalue weighted by atomic mass is 9.78. The molecule has 1 fully saturated rings. The molecular weight excluding hydrogens is 289 g/mol. The van der Waals surface area contributed by atoms with Crippen molar-refractivity contribution in [3.63, 3.8) is 0 Å². The first-order valence-electron chi connectivity index (χ1n) is 6.40. The highest BCUT2D eigenvalue weighted by atomic mass is 35.5. The summed E-state index contributed by atoms with van der Waals surface area (Å²) in [5.41, 5.74) is 0.886. The van der Waals surface area contributed by atoms with Gasteiger partial charge in [-0.15, -0.1) is 0 Å². The Labute approximate surface area is 124 Å². The molecule has 0 radical (unpaired) electrons. The molecule has 1 aliphatic rings. The van der Waals surface area contributed by atoms with E-state index in [0.29, 0.717) is 32.9 Å². The van der Waals surface area contributed by atoms with Crippen LogP contribution >= 0.6 is 34.8 Å². The zero-order chi connectivity index (χ0) is 13.3. The summed E-state index contributed by atoms with van der Waals surface area (Å²) in [6, 6.07) is 3.97. The molecule has 0 heterocycles. The lowest BCUT2D eigenvalue weighted by Crippen LogP contribution is -2.37. The maximum Gasteiger partial charge on any atom is 0.0653 e. The van der Waals surface area contributed by atoms with Crippen LogP contribution in [-0.2, 0) is 0 Å². The van der Waals surface area contributed by atoms with Crippen LogP contribution in [0.25, 0.3) is 0 Å². The van der Waals surface area contributed by atoms with E-state index in [9.17, 15) is 0 Å². The Kier molecular flexibility index (Phi) is 4.69. The van der Waals surface area contributed by atoms with E-state index in [4.69, 9.17) is 34.8 Å². The van der Waals surface area contributed by atoms with Gasteiger partial charge in [0.15, 0.2) is 0 Å². The van der Waals surface area contributed by atoms with E-state index in [1.165, 1.54) is 19.3 Å². The molecule has 1 aromatic carbocycles. The van der Waals surface area contributed by atoms with Crippen molar-refractivity contribution in [3.8, 4) is 0 Å². The monoisotopic (exact) mass is 305 g/mol. The zero-order valence-electron chi connectivity index (χ0n) is 10.6. The highest BCUT2D eigenvalue weighted by Gasteiger charge is 2.28. The summed E-state index contributed by atoms with van der Waals surface area (Å²) in [6.07, 6.45) is 3.84. The molecule has 100 valence electrons. The predicted molar refractivity (Wildman–Crippen MR) is 81.1 cm³/mol. The largest absolute Gasteiger partial charge is 0.381 e. The second kappa shape index (κ2) is 5.90. The van der Waals surface area contributed by atoms with Gasteiger partial charge in [0.2, 0.25) is 0 Å². The van der Waals surface area contributed by atoms with E-state index < -0.39 is 0 Å². The lowest BCUT2D eigenvalue weighted by Gasteiger charge is -2.36. The Morgan fingerprint density at radius 1 is 0.944 bits per heavy atom. The smallest absolute Gasteiger partial charge is 0.0653 e. The second-order valence-electron chi connectivity index (χ2n) is 5.30. The van der Waals surface area contributed by atoms with Crippen molar-refractivity contribution in [1.82, 2.24) is 0 Å². The van der Waals surface area contributed by atoms with Crippen molar-refractivity contribution >= 4 is 40.5 Å². The molecule has 2 rings (SSSR count). The summed E-state index contributed by atoms with van der Waals surface area (Å²) in [7, 11) is 0. The minimum absolute atomic E-state index is 0.452. The highest BCUT2D eigenvalue weighted by Crippen LogP contribution is 2.36. The average molecular weight is 307 g/mol. The molecule has 1 saturated carbocycles. The number of hydrogen-bond acceptors (Lipinski definition) is 1. The molecule has 0 aromatic heterocycles. The van der Waals surface area contributed by atoms with Gasteiger partial charge in [0.05, 0.1) is 20.8 Å². The molecule has 4 heteroatoms. The van der Waals surface area contributed by atoms with Gasteiger partial charge in [0, 0.05) is 6.04 Å². The van der Waals surface area contributed by atoms with Gasteiger partial charge in [0.1, 0.15) is 0 Å². The Balaban J connectivity index is 2.20. The normalized spacial score (nSPS) is 28.2. The fourth-order valence-corrected chi connectivity index (χ4v) is 3.38. The van der Waals surface area contributed by atoms with Crippen LogP contribution in [0.4, 0.5) is 5.69 Å². The van der Waals surface area contributed by atoms with E-state index in [1.54, 1.807) is 6.07 Å². The summed E-state index contributed by atoms with van der Waals surface area (Å²) < 4.78 is 0. The molecule has 2 atom stereocenters. The molecule has 0 bridgehead atoms. The average Bonchev–Trinajstić information content (AvgIpc) is 2.30. The van der Waals surface area contributed by atoms with Crippen LogP contribution in [0.5, 0.6) is 0 Å². The fraction of sp³-hybridized carbons (Fsp3) is 0.571. The third-order valence-corrected chi connectivity index (χ3v) is 4.91. The van der Waals surface area contributed by atoms with Gasteiger partial charge in [-0.1, -0.05) is 55.1 Å².